The molecule has 4 unspecified atom stereocenters. The van der Waals surface area contributed by atoms with Crippen LogP contribution in [0.5, 0.6) is 0 Å². The first-order valence-corrected chi connectivity index (χ1v) is 9.83. The molecular formula is C22H21F7O3. The summed E-state index contributed by atoms with van der Waals surface area (Å²) in [5.41, 5.74) is -2.78. The van der Waals surface area contributed by atoms with E-state index in [4.69, 9.17) is 9.47 Å². The van der Waals surface area contributed by atoms with Crippen molar-refractivity contribution in [3.63, 3.8) is 0 Å². The zero-order valence-electron chi connectivity index (χ0n) is 16.9. The second-order valence-corrected chi connectivity index (χ2v) is 7.67. The molecule has 1 aliphatic heterocycles. The number of alkyl halides is 6. The minimum atomic E-state index is -4.98. The molecular weight excluding hydrogens is 445 g/mol. The molecule has 3 nitrogen and oxygen atoms in total. The molecule has 0 aromatic heterocycles. The first kappa shape index (κ1) is 24.5. The second kappa shape index (κ2) is 9.36. The summed E-state index contributed by atoms with van der Waals surface area (Å²) < 4.78 is 104. The molecule has 1 heterocycles. The topological polar surface area (TPSA) is 38.7 Å². The summed E-state index contributed by atoms with van der Waals surface area (Å²) in [5, 5.41) is 9.76. The molecule has 1 aliphatic rings. The number of ether oxygens (including phenoxy) is 2. The first-order chi connectivity index (χ1) is 14.9. The lowest BCUT2D eigenvalue weighted by Gasteiger charge is -2.38. The third kappa shape index (κ3) is 5.60. The molecule has 0 amide bonds. The van der Waals surface area contributed by atoms with Crippen LogP contribution in [0, 0.1) is 11.7 Å². The average molecular weight is 466 g/mol. The predicted molar refractivity (Wildman–Crippen MR) is 100 cm³/mol. The number of aliphatic hydroxyl groups is 1. The number of rotatable bonds is 5. The standard InChI is InChI=1S/C22H21F7O3/c1-12(15-7-16(21(24,25)26)10-17(8-15)22(27,28)29)32-20-19(14(11-30)5-6-31-20)13-3-2-4-18(23)9-13/h2-4,7-10,12,14,19-20,30H,5-6,11H2,1H3. The number of benzene rings is 2. The van der Waals surface area contributed by atoms with Crippen molar-refractivity contribution in [2.45, 2.75) is 44.0 Å². The molecule has 0 radical (unpaired) electrons. The molecule has 3 rings (SSSR count). The van der Waals surface area contributed by atoms with Crippen molar-refractivity contribution in [2.75, 3.05) is 13.2 Å². The third-order valence-corrected chi connectivity index (χ3v) is 5.46. The van der Waals surface area contributed by atoms with Crippen molar-refractivity contribution in [3.05, 3.63) is 70.5 Å². The fourth-order valence-electron chi connectivity index (χ4n) is 3.81. The maximum atomic E-state index is 13.8. The van der Waals surface area contributed by atoms with Gasteiger partial charge in [-0.05, 0) is 60.7 Å². The van der Waals surface area contributed by atoms with Gasteiger partial charge in [-0.25, -0.2) is 4.39 Å². The molecule has 0 saturated carbocycles. The highest BCUT2D eigenvalue weighted by Crippen LogP contribution is 2.41. The second-order valence-electron chi connectivity index (χ2n) is 7.67. The van der Waals surface area contributed by atoms with Crippen LogP contribution in [0.25, 0.3) is 0 Å². The summed E-state index contributed by atoms with van der Waals surface area (Å²) >= 11 is 0. The van der Waals surface area contributed by atoms with Gasteiger partial charge < -0.3 is 14.6 Å². The largest absolute Gasteiger partial charge is 0.416 e. The normalized spacial score (nSPS) is 23.2. The highest BCUT2D eigenvalue weighted by atomic mass is 19.4. The zero-order valence-corrected chi connectivity index (χ0v) is 16.9. The van der Waals surface area contributed by atoms with E-state index in [1.165, 1.54) is 25.1 Å². The van der Waals surface area contributed by atoms with Crippen LogP contribution in [0.3, 0.4) is 0 Å². The van der Waals surface area contributed by atoms with Crippen LogP contribution in [0.1, 0.15) is 47.6 Å². The van der Waals surface area contributed by atoms with Gasteiger partial charge in [0.15, 0.2) is 6.29 Å². The van der Waals surface area contributed by atoms with Gasteiger partial charge in [0.05, 0.1) is 23.8 Å². The van der Waals surface area contributed by atoms with E-state index >= 15 is 0 Å². The summed E-state index contributed by atoms with van der Waals surface area (Å²) in [6, 6.07) is 6.75. The summed E-state index contributed by atoms with van der Waals surface area (Å²) in [7, 11) is 0. The minimum absolute atomic E-state index is 0.0463. The van der Waals surface area contributed by atoms with Gasteiger partial charge in [-0.1, -0.05) is 12.1 Å². The third-order valence-electron chi connectivity index (χ3n) is 5.46. The molecule has 0 bridgehead atoms. The molecule has 0 aliphatic carbocycles. The Hall–Kier alpha value is -2.17. The van der Waals surface area contributed by atoms with E-state index in [1.807, 2.05) is 0 Å². The monoisotopic (exact) mass is 466 g/mol. The quantitative estimate of drug-likeness (QED) is 0.543. The maximum Gasteiger partial charge on any atom is 0.416 e. The lowest BCUT2D eigenvalue weighted by atomic mass is 9.82. The van der Waals surface area contributed by atoms with Crippen LogP contribution < -0.4 is 0 Å². The highest BCUT2D eigenvalue weighted by molar-refractivity contribution is 5.34. The Kier molecular flexibility index (Phi) is 7.16. The van der Waals surface area contributed by atoms with Crippen LogP contribution in [-0.4, -0.2) is 24.6 Å². The van der Waals surface area contributed by atoms with E-state index in [1.54, 1.807) is 6.07 Å². The van der Waals surface area contributed by atoms with Crippen molar-refractivity contribution < 1.29 is 45.3 Å². The molecule has 1 N–H and O–H groups in total. The van der Waals surface area contributed by atoms with E-state index in [0.29, 0.717) is 24.1 Å². The Morgan fingerprint density at radius 1 is 1.03 bits per heavy atom. The van der Waals surface area contributed by atoms with Crippen LogP contribution >= 0.6 is 0 Å². The van der Waals surface area contributed by atoms with Crippen LogP contribution in [0.4, 0.5) is 30.7 Å². The molecule has 1 fully saturated rings. The van der Waals surface area contributed by atoms with E-state index in [0.717, 1.165) is 0 Å². The van der Waals surface area contributed by atoms with Crippen molar-refractivity contribution in [1.29, 1.82) is 0 Å². The number of hydrogen-bond acceptors (Lipinski definition) is 3. The average Bonchev–Trinajstić information content (AvgIpc) is 2.72. The number of aliphatic hydroxyl groups excluding tert-OH is 1. The van der Waals surface area contributed by atoms with Crippen molar-refractivity contribution >= 4 is 0 Å². The Morgan fingerprint density at radius 3 is 2.19 bits per heavy atom. The fourth-order valence-corrected chi connectivity index (χ4v) is 3.81. The Labute approximate surface area is 179 Å². The molecule has 2 aromatic carbocycles. The smallest absolute Gasteiger partial charge is 0.396 e. The lowest BCUT2D eigenvalue weighted by Crippen LogP contribution is -2.38. The number of hydrogen-bond donors (Lipinski definition) is 1. The number of halogens is 7. The van der Waals surface area contributed by atoms with Gasteiger partial charge >= 0.3 is 12.4 Å². The predicted octanol–water partition coefficient (Wildman–Crippen LogP) is 6.08. The Bertz CT molecular complexity index is 894. The Balaban J connectivity index is 1.94. The van der Waals surface area contributed by atoms with Crippen LogP contribution in [-0.2, 0) is 21.8 Å². The Morgan fingerprint density at radius 2 is 1.66 bits per heavy atom. The SMILES string of the molecule is CC(OC1OCCC(CO)C1c1cccc(F)c1)c1cc(C(F)(F)F)cc(C(F)(F)F)c1. The lowest BCUT2D eigenvalue weighted by molar-refractivity contribution is -0.212. The van der Waals surface area contributed by atoms with Gasteiger partial charge in [-0.15, -0.1) is 0 Å². The summed E-state index contributed by atoms with van der Waals surface area (Å²) in [6.07, 6.45) is -11.9. The molecule has 10 heteroatoms. The van der Waals surface area contributed by atoms with Gasteiger partial charge in [-0.2, -0.15) is 26.3 Å². The van der Waals surface area contributed by atoms with Crippen LogP contribution in [0.15, 0.2) is 42.5 Å². The summed E-state index contributed by atoms with van der Waals surface area (Å²) in [5.74, 6) is -1.60. The summed E-state index contributed by atoms with van der Waals surface area (Å²) in [6.45, 7) is 1.19. The van der Waals surface area contributed by atoms with E-state index in [-0.39, 0.29) is 24.8 Å². The maximum absolute atomic E-state index is 13.8. The molecule has 0 spiro atoms. The molecule has 1 saturated heterocycles. The van der Waals surface area contributed by atoms with Crippen molar-refractivity contribution in [2.24, 2.45) is 5.92 Å². The minimum Gasteiger partial charge on any atom is -0.396 e. The van der Waals surface area contributed by atoms with Crippen LogP contribution in [0.2, 0.25) is 0 Å². The van der Waals surface area contributed by atoms with E-state index < -0.39 is 53.5 Å². The first-order valence-electron chi connectivity index (χ1n) is 9.83. The van der Waals surface area contributed by atoms with E-state index in [2.05, 4.69) is 0 Å². The van der Waals surface area contributed by atoms with E-state index in [9.17, 15) is 35.8 Å². The van der Waals surface area contributed by atoms with Gasteiger partial charge in [0, 0.05) is 12.5 Å². The van der Waals surface area contributed by atoms with Crippen molar-refractivity contribution in [1.82, 2.24) is 0 Å². The fraction of sp³-hybridized carbons (Fsp3) is 0.455. The summed E-state index contributed by atoms with van der Waals surface area (Å²) in [4.78, 5) is 0. The van der Waals surface area contributed by atoms with Gasteiger partial charge in [0.25, 0.3) is 0 Å². The van der Waals surface area contributed by atoms with Crippen molar-refractivity contribution in [3.8, 4) is 0 Å². The molecule has 32 heavy (non-hydrogen) atoms. The molecule has 4 atom stereocenters. The molecule has 176 valence electrons. The zero-order chi connectivity index (χ0) is 23.7. The molecule has 2 aromatic rings. The van der Waals surface area contributed by atoms with Gasteiger partial charge in [0.2, 0.25) is 0 Å². The van der Waals surface area contributed by atoms with Gasteiger partial charge in [-0.3, -0.25) is 0 Å². The van der Waals surface area contributed by atoms with Gasteiger partial charge in [0.1, 0.15) is 5.82 Å². The highest BCUT2D eigenvalue weighted by Gasteiger charge is 2.39.